The van der Waals surface area contributed by atoms with Gasteiger partial charge < -0.3 is 14.8 Å². The third kappa shape index (κ3) is 2.95. The van der Waals surface area contributed by atoms with Crippen LogP contribution in [0.25, 0.3) is 0 Å². The van der Waals surface area contributed by atoms with Crippen molar-refractivity contribution in [1.29, 1.82) is 0 Å². The molecule has 154 valence electrons. The second-order valence-electron chi connectivity index (χ2n) is 7.26. The number of carbonyl (C=O) groups is 1. The van der Waals surface area contributed by atoms with Crippen LogP contribution in [0.2, 0.25) is 0 Å². The van der Waals surface area contributed by atoms with Crippen LogP contribution in [0.4, 0.5) is 19.1 Å². The second-order valence-corrected chi connectivity index (χ2v) is 7.26. The maximum absolute atomic E-state index is 13.3. The van der Waals surface area contributed by atoms with Gasteiger partial charge in [0.25, 0.3) is 5.82 Å². The summed E-state index contributed by atoms with van der Waals surface area (Å²) < 4.78 is 46.3. The first-order valence-corrected chi connectivity index (χ1v) is 9.20. The van der Waals surface area contributed by atoms with Crippen molar-refractivity contribution in [2.24, 2.45) is 0 Å². The summed E-state index contributed by atoms with van der Waals surface area (Å²) in [5.74, 6) is -1.17. The van der Waals surface area contributed by atoms with Crippen molar-refractivity contribution in [2.75, 3.05) is 5.32 Å². The third-order valence-electron chi connectivity index (χ3n) is 5.33. The number of fused-ring (bicyclic) bond motifs is 1. The molecule has 1 aliphatic carbocycles. The normalized spacial score (nSPS) is 21.2. The molecule has 7 nitrogen and oxygen atoms in total. The Bertz CT molecular complexity index is 1150. The Morgan fingerprint density at radius 1 is 1.17 bits per heavy atom. The van der Waals surface area contributed by atoms with Crippen molar-refractivity contribution in [3.05, 3.63) is 71.1 Å². The predicted octanol–water partition coefficient (Wildman–Crippen LogP) is 4.01. The summed E-state index contributed by atoms with van der Waals surface area (Å²) >= 11 is 0. The number of carbonyl (C=O) groups excluding carboxylic acids is 1. The highest BCUT2D eigenvalue weighted by Crippen LogP contribution is 2.45. The molecule has 3 heterocycles. The van der Waals surface area contributed by atoms with Crippen LogP contribution in [-0.4, -0.2) is 25.7 Å². The van der Waals surface area contributed by atoms with Gasteiger partial charge in [0.05, 0.1) is 6.26 Å². The molecule has 2 atom stereocenters. The summed E-state index contributed by atoms with van der Waals surface area (Å²) in [4.78, 5) is 16.7. The zero-order chi connectivity index (χ0) is 21.0. The van der Waals surface area contributed by atoms with Gasteiger partial charge in [0.15, 0.2) is 5.78 Å². The second kappa shape index (κ2) is 6.48. The lowest BCUT2D eigenvalue weighted by molar-refractivity contribution is -0.145. The van der Waals surface area contributed by atoms with Crippen LogP contribution in [0, 0.1) is 0 Å². The van der Waals surface area contributed by atoms with Crippen LogP contribution in [0.15, 0.2) is 58.3 Å². The molecule has 2 aliphatic rings. The maximum Gasteiger partial charge on any atom is 0.453 e. The van der Waals surface area contributed by atoms with Crippen LogP contribution >= 0.6 is 0 Å². The number of hydrogen-bond acceptors (Lipinski definition) is 6. The number of benzene rings is 1. The number of allylic oxidation sites excluding steroid dienone is 2. The number of alkyl halides is 3. The molecule has 0 saturated carbocycles. The lowest BCUT2D eigenvalue weighted by Gasteiger charge is -2.34. The molecule has 0 fully saturated rings. The lowest BCUT2D eigenvalue weighted by atomic mass is 9.79. The average Bonchev–Trinajstić information content (AvgIpc) is 3.36. The Balaban J connectivity index is 1.64. The Labute approximate surface area is 167 Å². The minimum absolute atomic E-state index is 0.00420. The summed E-state index contributed by atoms with van der Waals surface area (Å²) in [7, 11) is 0. The quantitative estimate of drug-likeness (QED) is 0.656. The number of hydrogen-bond donors (Lipinski definition) is 2. The first-order chi connectivity index (χ1) is 14.3. The summed E-state index contributed by atoms with van der Waals surface area (Å²) in [5, 5.41) is 16.1. The fourth-order valence-corrected chi connectivity index (χ4v) is 4.02. The van der Waals surface area contributed by atoms with Crippen LogP contribution in [0.1, 0.15) is 41.9 Å². The van der Waals surface area contributed by atoms with E-state index in [4.69, 9.17) is 4.42 Å². The molecule has 3 aromatic rings. The van der Waals surface area contributed by atoms with Crippen molar-refractivity contribution in [3.8, 4) is 5.75 Å². The Morgan fingerprint density at radius 3 is 2.60 bits per heavy atom. The van der Waals surface area contributed by atoms with Crippen LogP contribution in [0.5, 0.6) is 5.75 Å². The van der Waals surface area contributed by atoms with Gasteiger partial charge in [-0.3, -0.25) is 4.79 Å². The highest BCUT2D eigenvalue weighted by atomic mass is 19.4. The molecular weight excluding hydrogens is 401 g/mol. The molecule has 1 aliphatic heterocycles. The standard InChI is InChI=1S/C20H15F3N4O3/c21-20(22,23)18-25-19-24-13-8-11(15-2-1-7-30-15)9-14(29)16(13)17(27(19)26-18)10-3-5-12(28)6-4-10/h1-7,11,17,28H,8-9H2,(H,24,25,26)/t11-,17-/m0/s1. The van der Waals surface area contributed by atoms with Crippen LogP contribution in [-0.2, 0) is 11.0 Å². The number of nitrogens with zero attached hydrogens (tertiary/aromatic N) is 3. The summed E-state index contributed by atoms with van der Waals surface area (Å²) in [6.45, 7) is 0. The molecule has 0 unspecified atom stereocenters. The number of ketones is 1. The van der Waals surface area contributed by atoms with Gasteiger partial charge in [-0.1, -0.05) is 12.1 Å². The van der Waals surface area contributed by atoms with E-state index in [0.29, 0.717) is 29.0 Å². The van der Waals surface area contributed by atoms with Gasteiger partial charge in [-0.25, -0.2) is 4.68 Å². The van der Waals surface area contributed by atoms with Crippen molar-refractivity contribution in [3.63, 3.8) is 0 Å². The fraction of sp³-hybridized carbons (Fsp3) is 0.250. The number of nitrogens with one attached hydrogen (secondary N) is 1. The Morgan fingerprint density at radius 2 is 1.93 bits per heavy atom. The molecule has 0 amide bonds. The third-order valence-corrected chi connectivity index (χ3v) is 5.33. The predicted molar refractivity (Wildman–Crippen MR) is 97.6 cm³/mol. The van der Waals surface area contributed by atoms with Crippen molar-refractivity contribution in [1.82, 2.24) is 14.8 Å². The molecule has 2 aromatic heterocycles. The Hall–Kier alpha value is -3.56. The number of phenolic OH excluding ortho intramolecular Hbond substituents is 1. The average molecular weight is 416 g/mol. The van der Waals surface area contributed by atoms with Gasteiger partial charge in [0.2, 0.25) is 5.95 Å². The topological polar surface area (TPSA) is 93.2 Å². The summed E-state index contributed by atoms with van der Waals surface area (Å²) in [6.07, 6.45) is -2.66. The number of phenols is 1. The van der Waals surface area contributed by atoms with Crippen LogP contribution in [0.3, 0.4) is 0 Å². The minimum Gasteiger partial charge on any atom is -0.508 e. The van der Waals surface area contributed by atoms with E-state index in [2.05, 4.69) is 15.4 Å². The van der Waals surface area contributed by atoms with Gasteiger partial charge >= 0.3 is 6.18 Å². The summed E-state index contributed by atoms with van der Waals surface area (Å²) in [5.41, 5.74) is 1.36. The van der Waals surface area contributed by atoms with E-state index in [1.54, 1.807) is 24.3 Å². The highest BCUT2D eigenvalue weighted by molar-refractivity contribution is 6.00. The van der Waals surface area contributed by atoms with E-state index >= 15 is 0 Å². The molecule has 1 aromatic carbocycles. The molecule has 10 heteroatoms. The number of furan rings is 1. The molecule has 0 radical (unpaired) electrons. The molecule has 0 spiro atoms. The monoisotopic (exact) mass is 416 g/mol. The molecule has 2 N–H and O–H groups in total. The van der Waals surface area contributed by atoms with Crippen molar-refractivity contribution < 1.29 is 27.5 Å². The van der Waals surface area contributed by atoms with E-state index in [9.17, 15) is 23.1 Å². The minimum atomic E-state index is -4.73. The number of rotatable bonds is 2. The number of halogens is 3. The first-order valence-electron chi connectivity index (χ1n) is 9.20. The lowest BCUT2D eigenvalue weighted by Crippen LogP contribution is -2.33. The van der Waals surface area contributed by atoms with E-state index in [1.807, 2.05) is 0 Å². The first kappa shape index (κ1) is 18.5. The van der Waals surface area contributed by atoms with Crippen molar-refractivity contribution >= 4 is 11.7 Å². The van der Waals surface area contributed by atoms with E-state index in [1.165, 1.54) is 18.4 Å². The number of anilines is 1. The van der Waals surface area contributed by atoms with Gasteiger partial charge in [-0.15, -0.1) is 5.10 Å². The zero-order valence-corrected chi connectivity index (χ0v) is 15.3. The Kier molecular flexibility index (Phi) is 3.99. The highest BCUT2D eigenvalue weighted by Gasteiger charge is 2.43. The van der Waals surface area contributed by atoms with Gasteiger partial charge in [-0.2, -0.15) is 18.2 Å². The molecular formula is C20H15F3N4O3. The number of aromatic nitrogens is 3. The fourth-order valence-electron chi connectivity index (χ4n) is 4.02. The van der Waals surface area contributed by atoms with Gasteiger partial charge in [-0.05, 0) is 36.2 Å². The number of aromatic hydroxyl groups is 1. The number of Topliss-reactive ketones (excluding diaryl/α,β-unsaturated/α-hetero) is 1. The van der Waals surface area contributed by atoms with E-state index < -0.39 is 18.0 Å². The van der Waals surface area contributed by atoms with Gasteiger partial charge in [0.1, 0.15) is 17.6 Å². The molecule has 5 rings (SSSR count). The summed E-state index contributed by atoms with van der Waals surface area (Å²) in [6, 6.07) is 8.56. The van der Waals surface area contributed by atoms with E-state index in [-0.39, 0.29) is 29.8 Å². The largest absolute Gasteiger partial charge is 0.508 e. The van der Waals surface area contributed by atoms with Gasteiger partial charge in [0, 0.05) is 23.6 Å². The molecule has 0 bridgehead atoms. The maximum atomic E-state index is 13.3. The van der Waals surface area contributed by atoms with E-state index in [0.717, 1.165) is 4.68 Å². The zero-order valence-electron chi connectivity index (χ0n) is 15.3. The SMILES string of the molecule is O=C1C[C@@H](c2ccco2)CC2=C1[C@H](c1ccc(O)cc1)n1nc(C(F)(F)F)nc1N2. The smallest absolute Gasteiger partial charge is 0.453 e. The van der Waals surface area contributed by atoms with Crippen LogP contribution < -0.4 is 5.32 Å². The van der Waals surface area contributed by atoms with Crippen molar-refractivity contribution in [2.45, 2.75) is 31.0 Å². The molecule has 0 saturated heterocycles. The molecule has 30 heavy (non-hydrogen) atoms.